The molecule has 2 N–H and O–H groups in total. The second-order valence-electron chi connectivity index (χ2n) is 6.92. The van der Waals surface area contributed by atoms with E-state index in [-0.39, 0.29) is 11.8 Å². The van der Waals surface area contributed by atoms with E-state index >= 15 is 0 Å². The van der Waals surface area contributed by atoms with Gasteiger partial charge < -0.3 is 20.1 Å². The summed E-state index contributed by atoms with van der Waals surface area (Å²) >= 11 is 1.37. The number of ether oxygens (including phenoxy) is 2. The van der Waals surface area contributed by atoms with Gasteiger partial charge in [0.15, 0.2) is 11.5 Å². The van der Waals surface area contributed by atoms with Crippen molar-refractivity contribution in [3.63, 3.8) is 0 Å². The van der Waals surface area contributed by atoms with Gasteiger partial charge in [-0.25, -0.2) is 0 Å². The number of rotatable bonds is 6. The molecule has 7 heteroatoms. The molecule has 1 unspecified atom stereocenters. The molecule has 154 valence electrons. The predicted molar refractivity (Wildman–Crippen MR) is 116 cm³/mol. The maximum atomic E-state index is 12.6. The molecule has 3 aromatic rings. The number of nitrogens with one attached hydrogen (secondary N) is 2. The Morgan fingerprint density at radius 1 is 1.00 bits per heavy atom. The molecule has 1 aromatic heterocycles. The molecule has 6 nitrogen and oxygen atoms in total. The lowest BCUT2D eigenvalue weighted by Gasteiger charge is -2.18. The smallest absolute Gasteiger partial charge is 0.262 e. The first-order chi connectivity index (χ1) is 14.6. The number of hydrogen-bond donors (Lipinski definition) is 2. The van der Waals surface area contributed by atoms with Crippen LogP contribution in [0.15, 0.2) is 60.7 Å². The molecule has 0 aliphatic carbocycles. The normalized spacial score (nSPS) is 13.4. The topological polar surface area (TPSA) is 76.7 Å². The van der Waals surface area contributed by atoms with Crippen molar-refractivity contribution < 1.29 is 19.1 Å². The molecule has 2 amide bonds. The monoisotopic (exact) mass is 422 g/mol. The highest BCUT2D eigenvalue weighted by atomic mass is 32.1. The molecule has 2 aromatic carbocycles. The summed E-state index contributed by atoms with van der Waals surface area (Å²) in [5.74, 6) is 0.943. The van der Waals surface area contributed by atoms with Gasteiger partial charge in [-0.05, 0) is 48.4 Å². The quantitative estimate of drug-likeness (QED) is 0.636. The highest BCUT2D eigenvalue weighted by Gasteiger charge is 2.19. The fraction of sp³-hybridized carbons (Fsp3) is 0.217. The minimum absolute atomic E-state index is 0.226. The summed E-state index contributed by atoms with van der Waals surface area (Å²) in [6.45, 7) is 3.17. The number of hydrogen-bond acceptors (Lipinski definition) is 5. The van der Waals surface area contributed by atoms with E-state index in [9.17, 15) is 9.59 Å². The van der Waals surface area contributed by atoms with Crippen molar-refractivity contribution in [2.24, 2.45) is 0 Å². The van der Waals surface area contributed by atoms with E-state index in [4.69, 9.17) is 9.47 Å². The van der Waals surface area contributed by atoms with Gasteiger partial charge in [-0.15, -0.1) is 11.3 Å². The maximum Gasteiger partial charge on any atom is 0.262 e. The van der Waals surface area contributed by atoms with Gasteiger partial charge in [0.05, 0.1) is 4.88 Å². The highest BCUT2D eigenvalue weighted by molar-refractivity contribution is 7.17. The summed E-state index contributed by atoms with van der Waals surface area (Å²) in [6, 6.07) is 18.4. The zero-order chi connectivity index (χ0) is 20.9. The molecule has 4 rings (SSSR count). The number of carbonyl (C=O) groups is 2. The SMILES string of the molecule is CC(NC(=O)c1ccc(-c2ccc3c(c2)OCCO3)s1)C(=O)NCc1ccccc1. The number of fused-ring (bicyclic) bond motifs is 1. The van der Waals surface area contributed by atoms with Gasteiger partial charge >= 0.3 is 0 Å². The lowest BCUT2D eigenvalue weighted by Crippen LogP contribution is -2.44. The fourth-order valence-corrected chi connectivity index (χ4v) is 3.99. The summed E-state index contributed by atoms with van der Waals surface area (Å²) < 4.78 is 11.2. The molecule has 0 spiro atoms. The zero-order valence-electron chi connectivity index (χ0n) is 16.5. The molecule has 0 bridgehead atoms. The van der Waals surface area contributed by atoms with Crippen LogP contribution < -0.4 is 20.1 Å². The summed E-state index contributed by atoms with van der Waals surface area (Å²) in [4.78, 5) is 26.4. The van der Waals surface area contributed by atoms with Gasteiger partial charge in [0.2, 0.25) is 5.91 Å². The minimum atomic E-state index is -0.638. The molecule has 0 fully saturated rings. The van der Waals surface area contributed by atoms with Gasteiger partial charge in [-0.2, -0.15) is 0 Å². The van der Waals surface area contributed by atoms with E-state index in [1.54, 1.807) is 13.0 Å². The first-order valence-electron chi connectivity index (χ1n) is 9.72. The first-order valence-corrected chi connectivity index (χ1v) is 10.5. The van der Waals surface area contributed by atoms with Crippen molar-refractivity contribution in [1.29, 1.82) is 0 Å². The molecular weight excluding hydrogens is 400 g/mol. The number of carbonyl (C=O) groups excluding carboxylic acids is 2. The van der Waals surface area contributed by atoms with Gasteiger partial charge in [-0.3, -0.25) is 9.59 Å². The Bertz CT molecular complexity index is 1050. The Hall–Kier alpha value is -3.32. The molecule has 0 saturated heterocycles. The van der Waals surface area contributed by atoms with Crippen LogP contribution in [0.5, 0.6) is 11.5 Å². The Morgan fingerprint density at radius 3 is 2.57 bits per heavy atom. The number of benzene rings is 2. The third kappa shape index (κ3) is 4.63. The average molecular weight is 423 g/mol. The molecule has 2 heterocycles. The largest absolute Gasteiger partial charge is 0.486 e. The summed E-state index contributed by atoms with van der Waals surface area (Å²) in [5, 5.41) is 5.60. The second-order valence-corrected chi connectivity index (χ2v) is 8.00. The van der Waals surface area contributed by atoms with E-state index in [0.717, 1.165) is 21.8 Å². The lowest BCUT2D eigenvalue weighted by atomic mass is 10.1. The zero-order valence-corrected chi connectivity index (χ0v) is 17.3. The average Bonchev–Trinajstić information content (AvgIpc) is 3.28. The van der Waals surface area contributed by atoms with Crippen LogP contribution in [-0.4, -0.2) is 31.1 Å². The predicted octanol–water partition coefficient (Wildman–Crippen LogP) is 3.62. The molecule has 30 heavy (non-hydrogen) atoms. The Kier molecular flexibility index (Phi) is 5.99. The van der Waals surface area contributed by atoms with Crippen molar-refractivity contribution >= 4 is 23.2 Å². The van der Waals surface area contributed by atoms with Crippen LogP contribution in [0.2, 0.25) is 0 Å². The Balaban J connectivity index is 1.36. The molecule has 1 aliphatic rings. The van der Waals surface area contributed by atoms with Crippen LogP contribution in [0.1, 0.15) is 22.2 Å². The van der Waals surface area contributed by atoms with E-state index in [1.165, 1.54) is 11.3 Å². The van der Waals surface area contributed by atoms with E-state index < -0.39 is 6.04 Å². The van der Waals surface area contributed by atoms with Crippen LogP contribution in [0.4, 0.5) is 0 Å². The van der Waals surface area contributed by atoms with Crippen molar-refractivity contribution in [2.75, 3.05) is 13.2 Å². The molecular formula is C23H22N2O4S. The summed E-state index contributed by atoms with van der Waals surface area (Å²) in [5.41, 5.74) is 1.96. The third-order valence-corrected chi connectivity index (χ3v) is 5.84. The molecule has 0 radical (unpaired) electrons. The minimum Gasteiger partial charge on any atom is -0.486 e. The van der Waals surface area contributed by atoms with Crippen LogP contribution in [0.3, 0.4) is 0 Å². The number of thiophene rings is 1. The van der Waals surface area contributed by atoms with E-state index in [1.807, 2.05) is 54.6 Å². The summed E-state index contributed by atoms with van der Waals surface area (Å²) in [7, 11) is 0. The fourth-order valence-electron chi connectivity index (χ4n) is 3.08. The van der Waals surface area contributed by atoms with Gasteiger partial charge in [0.1, 0.15) is 19.3 Å². The molecule has 1 aliphatic heterocycles. The van der Waals surface area contributed by atoms with Gasteiger partial charge in [-0.1, -0.05) is 30.3 Å². The third-order valence-electron chi connectivity index (χ3n) is 4.71. The van der Waals surface area contributed by atoms with Crippen molar-refractivity contribution in [3.05, 3.63) is 71.1 Å². The standard InChI is InChI=1S/C23H22N2O4S/c1-15(22(26)24-14-16-5-3-2-4-6-16)25-23(27)21-10-9-20(30-21)17-7-8-18-19(13-17)29-12-11-28-18/h2-10,13,15H,11-12,14H2,1H3,(H,24,26)(H,25,27). The van der Waals surface area contributed by atoms with Crippen molar-refractivity contribution in [3.8, 4) is 21.9 Å². The van der Waals surface area contributed by atoms with Crippen LogP contribution in [0.25, 0.3) is 10.4 Å². The van der Waals surface area contributed by atoms with E-state index in [0.29, 0.717) is 30.4 Å². The van der Waals surface area contributed by atoms with E-state index in [2.05, 4.69) is 10.6 Å². The van der Waals surface area contributed by atoms with Gasteiger partial charge in [0.25, 0.3) is 5.91 Å². The van der Waals surface area contributed by atoms with Gasteiger partial charge in [0, 0.05) is 11.4 Å². The van der Waals surface area contributed by atoms with Crippen LogP contribution in [0, 0.1) is 0 Å². The Morgan fingerprint density at radius 2 is 1.77 bits per heavy atom. The summed E-state index contributed by atoms with van der Waals surface area (Å²) in [6.07, 6.45) is 0. The lowest BCUT2D eigenvalue weighted by molar-refractivity contribution is -0.122. The Labute approximate surface area is 178 Å². The van der Waals surface area contributed by atoms with Crippen molar-refractivity contribution in [1.82, 2.24) is 10.6 Å². The number of amides is 2. The van der Waals surface area contributed by atoms with Crippen LogP contribution >= 0.6 is 11.3 Å². The second kappa shape index (κ2) is 9.00. The van der Waals surface area contributed by atoms with Crippen LogP contribution in [-0.2, 0) is 11.3 Å². The molecule has 0 saturated carbocycles. The highest BCUT2D eigenvalue weighted by Crippen LogP contribution is 2.36. The van der Waals surface area contributed by atoms with Crippen molar-refractivity contribution in [2.45, 2.75) is 19.5 Å². The molecule has 1 atom stereocenters. The maximum absolute atomic E-state index is 12.6. The first kappa shape index (κ1) is 20.0.